The number of aromatic nitrogens is 2. The molecule has 2 aromatic carbocycles. The molecule has 0 bridgehead atoms. The third-order valence-electron chi connectivity index (χ3n) is 4.62. The van der Waals surface area contributed by atoms with Gasteiger partial charge < -0.3 is 4.74 Å². The van der Waals surface area contributed by atoms with Gasteiger partial charge in [0, 0.05) is 12.1 Å². The van der Waals surface area contributed by atoms with Gasteiger partial charge in [-0.05, 0) is 37.0 Å². The van der Waals surface area contributed by atoms with Gasteiger partial charge in [0.25, 0.3) is 5.91 Å². The quantitative estimate of drug-likeness (QED) is 0.534. The average Bonchev–Trinajstić information content (AvgIpc) is 3.18. The minimum Gasteiger partial charge on any atom is -0.493 e. The molecule has 1 heterocycles. The van der Waals surface area contributed by atoms with Gasteiger partial charge in [0.15, 0.2) is 0 Å². The van der Waals surface area contributed by atoms with Gasteiger partial charge in [0.2, 0.25) is 5.13 Å². The number of carbonyl (C=O) groups is 1. The van der Waals surface area contributed by atoms with Crippen molar-refractivity contribution in [2.24, 2.45) is 0 Å². The summed E-state index contributed by atoms with van der Waals surface area (Å²) in [6, 6.07) is 15.7. The fraction of sp³-hybridized carbons (Fsp3) is 0.348. The van der Waals surface area contributed by atoms with Crippen LogP contribution in [-0.2, 0) is 5.41 Å². The Hall–Kier alpha value is -2.73. The zero-order valence-corrected chi connectivity index (χ0v) is 18.4. The first-order valence-corrected chi connectivity index (χ1v) is 10.6. The fourth-order valence-corrected chi connectivity index (χ4v) is 3.90. The van der Waals surface area contributed by atoms with Gasteiger partial charge in [-0.25, -0.2) is 0 Å². The minimum absolute atomic E-state index is 0.101. The van der Waals surface area contributed by atoms with Crippen molar-refractivity contribution >= 4 is 22.4 Å². The van der Waals surface area contributed by atoms with Crippen molar-refractivity contribution in [1.29, 1.82) is 0 Å². The molecule has 6 heteroatoms. The number of ether oxygens (including phenoxy) is 1. The number of amides is 1. The van der Waals surface area contributed by atoms with Crippen LogP contribution in [0.2, 0.25) is 0 Å². The highest BCUT2D eigenvalue weighted by Crippen LogP contribution is 2.32. The number of rotatable bonds is 6. The average molecular weight is 410 g/mol. The monoisotopic (exact) mass is 409 g/mol. The number of hydrogen-bond acceptors (Lipinski definition) is 5. The molecule has 0 fully saturated rings. The van der Waals surface area contributed by atoms with E-state index in [-0.39, 0.29) is 11.3 Å². The number of carbonyl (C=O) groups excluding carboxylic acids is 1. The maximum Gasteiger partial charge on any atom is 0.263 e. The van der Waals surface area contributed by atoms with Crippen molar-refractivity contribution in [2.45, 2.75) is 40.0 Å². The molecule has 152 valence electrons. The van der Waals surface area contributed by atoms with Gasteiger partial charge in [-0.3, -0.25) is 9.69 Å². The molecule has 1 amide bonds. The molecule has 0 saturated heterocycles. The third kappa shape index (κ3) is 4.65. The summed E-state index contributed by atoms with van der Waals surface area (Å²) in [6.45, 7) is 11.4. The lowest BCUT2D eigenvalue weighted by Crippen LogP contribution is -2.31. The first-order chi connectivity index (χ1) is 13.8. The lowest BCUT2D eigenvalue weighted by atomic mass is 9.87. The Morgan fingerprint density at radius 2 is 1.72 bits per heavy atom. The summed E-state index contributed by atoms with van der Waals surface area (Å²) >= 11 is 1.42. The van der Waals surface area contributed by atoms with E-state index in [9.17, 15) is 4.79 Å². The molecule has 0 spiro atoms. The van der Waals surface area contributed by atoms with Gasteiger partial charge in [-0.1, -0.05) is 68.5 Å². The van der Waals surface area contributed by atoms with Crippen molar-refractivity contribution in [3.63, 3.8) is 0 Å². The van der Waals surface area contributed by atoms with E-state index in [1.54, 1.807) is 11.0 Å². The van der Waals surface area contributed by atoms with Crippen LogP contribution in [0.15, 0.2) is 48.5 Å². The Morgan fingerprint density at radius 1 is 1.03 bits per heavy atom. The summed E-state index contributed by atoms with van der Waals surface area (Å²) in [4.78, 5) is 14.8. The molecule has 0 aliphatic rings. The largest absolute Gasteiger partial charge is 0.493 e. The number of nitrogens with zero attached hydrogens (tertiary/aromatic N) is 3. The smallest absolute Gasteiger partial charge is 0.263 e. The van der Waals surface area contributed by atoms with Gasteiger partial charge in [-0.15, -0.1) is 10.2 Å². The number of para-hydroxylation sites is 1. The summed E-state index contributed by atoms with van der Waals surface area (Å²) in [7, 11) is 0. The van der Waals surface area contributed by atoms with E-state index >= 15 is 0 Å². The molecule has 3 aromatic rings. The highest BCUT2D eigenvalue weighted by atomic mass is 32.1. The molecular weight excluding hydrogens is 382 g/mol. The Labute approximate surface area is 176 Å². The van der Waals surface area contributed by atoms with Crippen LogP contribution in [0, 0.1) is 0 Å². The highest BCUT2D eigenvalue weighted by molar-refractivity contribution is 7.18. The Balaban J connectivity index is 1.87. The minimum atomic E-state index is -0.137. The highest BCUT2D eigenvalue weighted by Gasteiger charge is 2.23. The summed E-state index contributed by atoms with van der Waals surface area (Å²) in [5.41, 5.74) is 2.90. The van der Waals surface area contributed by atoms with Crippen molar-refractivity contribution in [3.05, 3.63) is 59.7 Å². The van der Waals surface area contributed by atoms with E-state index in [4.69, 9.17) is 4.74 Å². The van der Waals surface area contributed by atoms with Crippen molar-refractivity contribution in [2.75, 3.05) is 18.1 Å². The first-order valence-electron chi connectivity index (χ1n) is 9.83. The van der Waals surface area contributed by atoms with Crippen molar-refractivity contribution in [1.82, 2.24) is 10.2 Å². The molecule has 0 radical (unpaired) electrons. The van der Waals surface area contributed by atoms with Crippen LogP contribution in [-0.4, -0.2) is 29.3 Å². The van der Waals surface area contributed by atoms with Crippen LogP contribution in [0.1, 0.15) is 50.5 Å². The van der Waals surface area contributed by atoms with Crippen molar-refractivity contribution < 1.29 is 9.53 Å². The molecule has 29 heavy (non-hydrogen) atoms. The Kier molecular flexibility index (Phi) is 6.33. The third-order valence-corrected chi connectivity index (χ3v) is 5.62. The van der Waals surface area contributed by atoms with Crippen LogP contribution in [0.4, 0.5) is 5.13 Å². The van der Waals surface area contributed by atoms with Crippen LogP contribution in [0.5, 0.6) is 5.75 Å². The van der Waals surface area contributed by atoms with Gasteiger partial charge in [-0.2, -0.15) is 0 Å². The second-order valence-electron chi connectivity index (χ2n) is 7.70. The van der Waals surface area contributed by atoms with E-state index in [0.29, 0.717) is 29.6 Å². The molecule has 0 atom stereocenters. The first kappa shape index (κ1) is 21.0. The molecule has 1 aromatic heterocycles. The molecule has 0 N–H and O–H groups in total. The second-order valence-corrected chi connectivity index (χ2v) is 8.65. The standard InChI is InChI=1S/C23H27N3O2S/c1-6-26(21(27)18-10-8-9-11-19(18)28-7-2)22-25-24-20(29-22)16-12-14-17(15-13-16)23(3,4)5/h8-15H,6-7H2,1-5H3. The van der Waals surface area contributed by atoms with Gasteiger partial charge in [0.05, 0.1) is 12.2 Å². The molecule has 0 unspecified atom stereocenters. The maximum atomic E-state index is 13.2. The maximum absolute atomic E-state index is 13.2. The molecule has 5 nitrogen and oxygen atoms in total. The summed E-state index contributed by atoms with van der Waals surface area (Å²) in [5, 5.41) is 9.99. The number of benzene rings is 2. The zero-order valence-electron chi connectivity index (χ0n) is 17.6. The number of anilines is 1. The van der Waals surface area contributed by atoms with Crippen LogP contribution in [0.3, 0.4) is 0 Å². The predicted molar refractivity (Wildman–Crippen MR) is 119 cm³/mol. The van der Waals surface area contributed by atoms with Crippen molar-refractivity contribution in [3.8, 4) is 16.3 Å². The Morgan fingerprint density at radius 3 is 2.34 bits per heavy atom. The summed E-state index contributed by atoms with van der Waals surface area (Å²) < 4.78 is 5.62. The van der Waals surface area contributed by atoms with Crippen LogP contribution >= 0.6 is 11.3 Å². The fourth-order valence-electron chi connectivity index (χ4n) is 2.99. The summed E-state index contributed by atoms with van der Waals surface area (Å²) in [6.07, 6.45) is 0. The van der Waals surface area contributed by atoms with E-state index in [2.05, 4.69) is 55.2 Å². The van der Waals surface area contributed by atoms with Crippen LogP contribution < -0.4 is 9.64 Å². The zero-order chi connectivity index (χ0) is 21.0. The van der Waals surface area contributed by atoms with E-state index in [1.165, 1.54) is 16.9 Å². The molecule has 0 saturated carbocycles. The second kappa shape index (κ2) is 8.74. The molecule has 0 aliphatic carbocycles. The molecule has 0 aliphatic heterocycles. The molecule has 3 rings (SSSR count). The normalized spacial score (nSPS) is 11.3. The molecular formula is C23H27N3O2S. The Bertz CT molecular complexity index is 974. The summed E-state index contributed by atoms with van der Waals surface area (Å²) in [5.74, 6) is 0.447. The van der Waals surface area contributed by atoms with Crippen LogP contribution in [0.25, 0.3) is 10.6 Å². The topological polar surface area (TPSA) is 55.3 Å². The lowest BCUT2D eigenvalue weighted by molar-refractivity contribution is 0.0984. The van der Waals surface area contributed by atoms with E-state index in [0.717, 1.165) is 10.6 Å². The van der Waals surface area contributed by atoms with E-state index in [1.807, 2.05) is 32.0 Å². The predicted octanol–water partition coefficient (Wildman–Crippen LogP) is 5.57. The lowest BCUT2D eigenvalue weighted by Gasteiger charge is -2.19. The van der Waals surface area contributed by atoms with E-state index < -0.39 is 0 Å². The van der Waals surface area contributed by atoms with Gasteiger partial charge >= 0.3 is 0 Å². The van der Waals surface area contributed by atoms with Gasteiger partial charge in [0.1, 0.15) is 10.8 Å². The SMILES string of the molecule is CCOc1ccccc1C(=O)N(CC)c1nnc(-c2ccc(C(C)(C)C)cc2)s1. The number of hydrogen-bond donors (Lipinski definition) is 0.